The highest BCUT2D eigenvalue weighted by Gasteiger charge is 2.44. The molecule has 2 aliphatic rings. The van der Waals surface area contributed by atoms with Gasteiger partial charge in [-0.2, -0.15) is 0 Å². The molecule has 2 aliphatic heterocycles. The minimum Gasteiger partial charge on any atom is -0.365 e. The van der Waals surface area contributed by atoms with E-state index in [0.29, 0.717) is 24.4 Å². The van der Waals surface area contributed by atoms with Crippen LogP contribution < -0.4 is 4.90 Å². The molecule has 0 saturated carbocycles. The standard InChI is InChI=1S/C24H25N3O/c28-24(13-5-8-18-7-4-12-23-22(18)11-6-14-25-23)27-17-20-15-21(27)16-26(20)19-9-2-1-3-10-19/h1-4,6-7,9-12,14,20-21H,5,8,13,15-17H2. The van der Waals surface area contributed by atoms with Crippen molar-refractivity contribution in [3.8, 4) is 0 Å². The van der Waals surface area contributed by atoms with Crippen molar-refractivity contribution in [2.45, 2.75) is 37.8 Å². The first-order valence-corrected chi connectivity index (χ1v) is 10.2. The van der Waals surface area contributed by atoms with Crippen LogP contribution in [0.15, 0.2) is 66.9 Å². The second kappa shape index (κ2) is 7.27. The number of rotatable bonds is 5. The zero-order chi connectivity index (χ0) is 18.9. The summed E-state index contributed by atoms with van der Waals surface area (Å²) in [5.41, 5.74) is 3.60. The molecule has 0 aliphatic carbocycles. The van der Waals surface area contributed by atoms with E-state index in [-0.39, 0.29) is 0 Å². The van der Waals surface area contributed by atoms with Gasteiger partial charge in [-0.15, -0.1) is 0 Å². The Hall–Kier alpha value is -2.88. The number of para-hydroxylation sites is 1. The van der Waals surface area contributed by atoms with Gasteiger partial charge in [0, 0.05) is 42.8 Å². The van der Waals surface area contributed by atoms with Gasteiger partial charge in [0.15, 0.2) is 0 Å². The van der Waals surface area contributed by atoms with Gasteiger partial charge in [-0.3, -0.25) is 9.78 Å². The van der Waals surface area contributed by atoms with Crippen molar-refractivity contribution < 1.29 is 4.79 Å². The van der Waals surface area contributed by atoms with Crippen molar-refractivity contribution in [3.63, 3.8) is 0 Å². The zero-order valence-corrected chi connectivity index (χ0v) is 16.0. The summed E-state index contributed by atoms with van der Waals surface area (Å²) in [6.07, 6.45) is 5.38. The Bertz CT molecular complexity index is 982. The molecule has 0 radical (unpaired) electrons. The summed E-state index contributed by atoms with van der Waals surface area (Å²) in [4.78, 5) is 21.9. The number of hydrogen-bond donors (Lipinski definition) is 0. The summed E-state index contributed by atoms with van der Waals surface area (Å²) < 4.78 is 0. The number of carbonyl (C=O) groups excluding carboxylic acids is 1. The fourth-order valence-corrected chi connectivity index (χ4v) is 4.87. The molecule has 3 aromatic rings. The minimum atomic E-state index is 0.318. The molecule has 4 heteroatoms. The highest BCUT2D eigenvalue weighted by molar-refractivity contribution is 5.82. The highest BCUT2D eigenvalue weighted by Crippen LogP contribution is 2.34. The molecule has 1 aromatic heterocycles. The Morgan fingerprint density at radius 3 is 2.68 bits per heavy atom. The predicted octanol–water partition coefficient (Wildman–Crippen LogP) is 4.05. The molecule has 3 heterocycles. The van der Waals surface area contributed by atoms with E-state index in [1.807, 2.05) is 18.3 Å². The molecule has 1 amide bonds. The van der Waals surface area contributed by atoms with E-state index in [1.165, 1.54) is 16.6 Å². The van der Waals surface area contributed by atoms with Crippen LogP contribution in [0.5, 0.6) is 0 Å². The average molecular weight is 371 g/mol. The van der Waals surface area contributed by atoms with Crippen LogP contribution >= 0.6 is 0 Å². The molecule has 2 atom stereocenters. The van der Waals surface area contributed by atoms with Crippen LogP contribution in [0.4, 0.5) is 5.69 Å². The number of aromatic nitrogens is 1. The third kappa shape index (κ3) is 3.13. The number of likely N-dealkylation sites (tertiary alicyclic amines) is 1. The van der Waals surface area contributed by atoms with Gasteiger partial charge < -0.3 is 9.80 Å². The maximum absolute atomic E-state index is 12.8. The lowest BCUT2D eigenvalue weighted by Gasteiger charge is -2.35. The topological polar surface area (TPSA) is 36.4 Å². The Labute approximate surface area is 165 Å². The minimum absolute atomic E-state index is 0.318. The van der Waals surface area contributed by atoms with Crippen LogP contribution in [-0.4, -0.2) is 41.0 Å². The van der Waals surface area contributed by atoms with Gasteiger partial charge in [-0.1, -0.05) is 36.4 Å². The first-order chi connectivity index (χ1) is 13.8. The second-order valence-electron chi connectivity index (χ2n) is 7.92. The number of piperazine rings is 1. The zero-order valence-electron chi connectivity index (χ0n) is 16.0. The molecular weight excluding hydrogens is 346 g/mol. The Morgan fingerprint density at radius 2 is 1.86 bits per heavy atom. The molecule has 2 bridgehead atoms. The largest absolute Gasteiger partial charge is 0.365 e. The second-order valence-corrected chi connectivity index (χ2v) is 7.92. The lowest BCUT2D eigenvalue weighted by molar-refractivity contribution is -0.132. The van der Waals surface area contributed by atoms with Crippen molar-refractivity contribution in [2.75, 3.05) is 18.0 Å². The van der Waals surface area contributed by atoms with E-state index in [0.717, 1.165) is 37.9 Å². The molecule has 0 N–H and O–H groups in total. The van der Waals surface area contributed by atoms with E-state index in [4.69, 9.17) is 0 Å². The van der Waals surface area contributed by atoms with E-state index in [2.05, 4.69) is 63.3 Å². The maximum atomic E-state index is 12.8. The van der Waals surface area contributed by atoms with E-state index in [9.17, 15) is 4.79 Å². The fraction of sp³-hybridized carbons (Fsp3) is 0.333. The van der Waals surface area contributed by atoms with Crippen LogP contribution in [0.2, 0.25) is 0 Å². The summed E-state index contributed by atoms with van der Waals surface area (Å²) in [6, 6.07) is 21.8. The van der Waals surface area contributed by atoms with Gasteiger partial charge in [-0.05, 0) is 49.1 Å². The molecule has 5 rings (SSSR count). The van der Waals surface area contributed by atoms with Crippen molar-refractivity contribution in [3.05, 3.63) is 72.4 Å². The molecule has 4 nitrogen and oxygen atoms in total. The number of nitrogens with zero attached hydrogens (tertiary/aromatic N) is 3. The molecular formula is C24H25N3O. The molecule has 2 saturated heterocycles. The van der Waals surface area contributed by atoms with Crippen molar-refractivity contribution in [1.82, 2.24) is 9.88 Å². The van der Waals surface area contributed by atoms with E-state index in [1.54, 1.807) is 0 Å². The summed E-state index contributed by atoms with van der Waals surface area (Å²) in [7, 11) is 0. The number of hydrogen-bond acceptors (Lipinski definition) is 3. The summed E-state index contributed by atoms with van der Waals surface area (Å²) in [6.45, 7) is 1.84. The van der Waals surface area contributed by atoms with Gasteiger partial charge in [0.25, 0.3) is 0 Å². The van der Waals surface area contributed by atoms with Crippen LogP contribution in [-0.2, 0) is 11.2 Å². The first-order valence-electron chi connectivity index (χ1n) is 10.2. The Balaban J connectivity index is 1.18. The van der Waals surface area contributed by atoms with Crippen molar-refractivity contribution in [2.24, 2.45) is 0 Å². The quantitative estimate of drug-likeness (QED) is 0.679. The highest BCUT2D eigenvalue weighted by atomic mass is 16.2. The van der Waals surface area contributed by atoms with Crippen LogP contribution in [0.3, 0.4) is 0 Å². The van der Waals surface area contributed by atoms with Crippen LogP contribution in [0, 0.1) is 0 Å². The third-order valence-corrected chi connectivity index (χ3v) is 6.22. The normalized spacial score (nSPS) is 20.9. The molecule has 2 fully saturated rings. The lowest BCUT2D eigenvalue weighted by Crippen LogP contribution is -2.48. The Morgan fingerprint density at radius 1 is 0.964 bits per heavy atom. The maximum Gasteiger partial charge on any atom is 0.222 e. The summed E-state index contributed by atoms with van der Waals surface area (Å²) in [5, 5.41) is 1.20. The number of fused-ring (bicyclic) bond motifs is 3. The monoisotopic (exact) mass is 371 g/mol. The smallest absolute Gasteiger partial charge is 0.222 e. The predicted molar refractivity (Wildman–Crippen MR) is 112 cm³/mol. The summed E-state index contributed by atoms with van der Waals surface area (Å²) in [5.74, 6) is 0.318. The molecule has 2 unspecified atom stereocenters. The number of carbonyl (C=O) groups is 1. The number of aryl methyl sites for hydroxylation is 1. The number of amides is 1. The van der Waals surface area contributed by atoms with Gasteiger partial charge in [0.05, 0.1) is 11.6 Å². The molecule has 2 aromatic carbocycles. The summed E-state index contributed by atoms with van der Waals surface area (Å²) >= 11 is 0. The third-order valence-electron chi connectivity index (χ3n) is 6.22. The molecule has 28 heavy (non-hydrogen) atoms. The van der Waals surface area contributed by atoms with Gasteiger partial charge in [0.1, 0.15) is 0 Å². The number of benzene rings is 2. The van der Waals surface area contributed by atoms with Crippen LogP contribution in [0.25, 0.3) is 10.9 Å². The van der Waals surface area contributed by atoms with E-state index < -0.39 is 0 Å². The molecule has 142 valence electrons. The first kappa shape index (κ1) is 17.2. The number of anilines is 1. The molecule has 0 spiro atoms. The van der Waals surface area contributed by atoms with Crippen LogP contribution in [0.1, 0.15) is 24.8 Å². The van der Waals surface area contributed by atoms with Gasteiger partial charge >= 0.3 is 0 Å². The SMILES string of the molecule is O=C(CCCc1cccc2ncccc12)N1CC2CC1CN2c1ccccc1. The number of pyridine rings is 1. The van der Waals surface area contributed by atoms with Gasteiger partial charge in [-0.25, -0.2) is 0 Å². The van der Waals surface area contributed by atoms with Crippen molar-refractivity contribution in [1.29, 1.82) is 0 Å². The van der Waals surface area contributed by atoms with Crippen molar-refractivity contribution >= 4 is 22.5 Å². The van der Waals surface area contributed by atoms with Gasteiger partial charge in [0.2, 0.25) is 5.91 Å². The Kier molecular flexibility index (Phi) is 4.47. The lowest BCUT2D eigenvalue weighted by atomic mass is 10.0. The van der Waals surface area contributed by atoms with E-state index >= 15 is 0 Å². The average Bonchev–Trinajstić information content (AvgIpc) is 3.36. The fourth-order valence-electron chi connectivity index (χ4n) is 4.87.